The van der Waals surface area contributed by atoms with Gasteiger partial charge in [0.25, 0.3) is 0 Å². The fourth-order valence-electron chi connectivity index (χ4n) is 0.996. The molecular weight excluding hydrogens is 199 g/mol. The van der Waals surface area contributed by atoms with Crippen molar-refractivity contribution in [1.82, 2.24) is 0 Å². The lowest BCUT2D eigenvalue weighted by Crippen LogP contribution is -2.19. The zero-order chi connectivity index (χ0) is 11.3. The molecule has 0 atom stereocenters. The second-order valence-electron chi connectivity index (χ2n) is 2.64. The summed E-state index contributed by atoms with van der Waals surface area (Å²) in [5.41, 5.74) is 5.50. The molecule has 4 N–H and O–H groups in total. The van der Waals surface area contributed by atoms with Crippen LogP contribution < -0.4 is 11.1 Å². The molecule has 2 amide bonds. The van der Waals surface area contributed by atoms with Crippen LogP contribution in [0.1, 0.15) is 5.56 Å². The molecule has 1 aromatic rings. The number of primary amides is 1. The van der Waals surface area contributed by atoms with Crippen LogP contribution in [-0.4, -0.2) is 17.7 Å². The summed E-state index contributed by atoms with van der Waals surface area (Å²) >= 11 is 0. The maximum absolute atomic E-state index is 12.8. The molecule has 0 saturated heterocycles. The Balaban J connectivity index is 3.08. The number of halogens is 1. The number of nitrogens with one attached hydrogen (secondary N) is 1. The fraction of sp³-hybridized carbons (Fsp3) is 0.100. The molecule has 0 unspecified atom stereocenters. The third-order valence-corrected chi connectivity index (χ3v) is 1.54. The van der Waals surface area contributed by atoms with Crippen molar-refractivity contribution in [1.29, 1.82) is 0 Å². The van der Waals surface area contributed by atoms with E-state index in [4.69, 9.17) is 10.8 Å². The number of carbonyl (C=O) groups is 1. The van der Waals surface area contributed by atoms with E-state index in [1.54, 1.807) is 0 Å². The van der Waals surface area contributed by atoms with Crippen molar-refractivity contribution >= 4 is 11.7 Å². The number of carbonyl (C=O) groups excluding carboxylic acids is 1. The van der Waals surface area contributed by atoms with Crippen molar-refractivity contribution in [2.75, 3.05) is 11.9 Å². The Bertz CT molecular complexity index is 435. The molecule has 0 bridgehead atoms. The van der Waals surface area contributed by atoms with Crippen molar-refractivity contribution in [3.05, 3.63) is 29.6 Å². The summed E-state index contributed by atoms with van der Waals surface area (Å²) in [5, 5.41) is 10.8. The Labute approximate surface area is 85.9 Å². The molecule has 1 aromatic carbocycles. The Morgan fingerprint density at radius 2 is 2.33 bits per heavy atom. The standard InChI is InChI=1S/C10H9FN2O2/c11-8-3-4-9(13-10(12)15)7(6-8)2-1-5-14/h3-4,6,14H,5H2,(H3,12,13,15). The highest BCUT2D eigenvalue weighted by molar-refractivity contribution is 5.89. The third-order valence-electron chi connectivity index (χ3n) is 1.54. The number of benzene rings is 1. The first-order valence-electron chi connectivity index (χ1n) is 4.09. The quantitative estimate of drug-likeness (QED) is 0.593. The lowest BCUT2D eigenvalue weighted by molar-refractivity contribution is 0.259. The van der Waals surface area contributed by atoms with Gasteiger partial charge in [0, 0.05) is 0 Å². The van der Waals surface area contributed by atoms with Gasteiger partial charge < -0.3 is 16.2 Å². The van der Waals surface area contributed by atoms with Crippen LogP contribution in [0.3, 0.4) is 0 Å². The van der Waals surface area contributed by atoms with Gasteiger partial charge in [0.1, 0.15) is 12.4 Å². The topological polar surface area (TPSA) is 75.4 Å². The average Bonchev–Trinajstić information content (AvgIpc) is 2.18. The van der Waals surface area contributed by atoms with Gasteiger partial charge in [-0.1, -0.05) is 11.8 Å². The van der Waals surface area contributed by atoms with E-state index in [1.165, 1.54) is 12.1 Å². The first-order chi connectivity index (χ1) is 7.13. The van der Waals surface area contributed by atoms with E-state index in [0.29, 0.717) is 5.69 Å². The number of urea groups is 1. The SMILES string of the molecule is NC(=O)Nc1ccc(F)cc1C#CCO. The minimum atomic E-state index is -0.756. The molecule has 0 fully saturated rings. The molecule has 0 aliphatic heterocycles. The number of anilines is 1. The number of aliphatic hydroxyl groups excluding tert-OH is 1. The molecule has 0 radical (unpaired) electrons. The van der Waals surface area contributed by atoms with E-state index >= 15 is 0 Å². The lowest BCUT2D eigenvalue weighted by Gasteiger charge is -2.04. The summed E-state index contributed by atoms with van der Waals surface area (Å²) in [6, 6.07) is 2.92. The van der Waals surface area contributed by atoms with Gasteiger partial charge in [0.05, 0.1) is 11.3 Å². The minimum Gasteiger partial charge on any atom is -0.384 e. The summed E-state index contributed by atoms with van der Waals surface area (Å²) in [5.74, 6) is 4.37. The average molecular weight is 208 g/mol. The van der Waals surface area contributed by atoms with Crippen LogP contribution >= 0.6 is 0 Å². The number of hydrogen-bond acceptors (Lipinski definition) is 2. The molecule has 5 heteroatoms. The molecule has 0 saturated carbocycles. The van der Waals surface area contributed by atoms with Gasteiger partial charge in [-0.05, 0) is 18.2 Å². The molecule has 0 aliphatic rings. The monoisotopic (exact) mass is 208 g/mol. The molecular formula is C10H9FN2O2. The summed E-state index contributed by atoms with van der Waals surface area (Å²) in [4.78, 5) is 10.6. The van der Waals surface area contributed by atoms with Crippen molar-refractivity contribution < 1.29 is 14.3 Å². The van der Waals surface area contributed by atoms with Crippen LogP contribution in [0.4, 0.5) is 14.9 Å². The second-order valence-corrected chi connectivity index (χ2v) is 2.64. The molecule has 1 rings (SSSR count). The minimum absolute atomic E-state index is 0.267. The summed E-state index contributed by atoms with van der Waals surface area (Å²) in [7, 11) is 0. The third kappa shape index (κ3) is 3.29. The number of aliphatic hydroxyl groups is 1. The predicted molar refractivity (Wildman–Crippen MR) is 53.6 cm³/mol. The van der Waals surface area contributed by atoms with Crippen LogP contribution in [0.2, 0.25) is 0 Å². The van der Waals surface area contributed by atoms with E-state index in [-0.39, 0.29) is 12.2 Å². The van der Waals surface area contributed by atoms with Crippen molar-refractivity contribution in [2.24, 2.45) is 5.73 Å². The van der Waals surface area contributed by atoms with Gasteiger partial charge in [-0.3, -0.25) is 0 Å². The van der Waals surface area contributed by atoms with Gasteiger partial charge in [-0.15, -0.1) is 0 Å². The number of amides is 2. The van der Waals surface area contributed by atoms with Gasteiger partial charge in [-0.25, -0.2) is 9.18 Å². The lowest BCUT2D eigenvalue weighted by atomic mass is 10.2. The molecule has 0 aromatic heterocycles. The number of rotatable bonds is 1. The van der Waals surface area contributed by atoms with Crippen LogP contribution in [0, 0.1) is 17.7 Å². The largest absolute Gasteiger partial charge is 0.384 e. The van der Waals surface area contributed by atoms with E-state index < -0.39 is 11.8 Å². The van der Waals surface area contributed by atoms with Crippen LogP contribution in [0.5, 0.6) is 0 Å². The molecule has 0 aliphatic carbocycles. The predicted octanol–water partition coefficient (Wildman–Crippen LogP) is 0.660. The molecule has 15 heavy (non-hydrogen) atoms. The van der Waals surface area contributed by atoms with Crippen LogP contribution in [0.15, 0.2) is 18.2 Å². The smallest absolute Gasteiger partial charge is 0.316 e. The molecule has 4 nitrogen and oxygen atoms in total. The molecule has 0 spiro atoms. The highest BCUT2D eigenvalue weighted by Gasteiger charge is 2.03. The Kier molecular flexibility index (Phi) is 3.66. The van der Waals surface area contributed by atoms with E-state index in [0.717, 1.165) is 6.07 Å². The zero-order valence-corrected chi connectivity index (χ0v) is 7.75. The summed E-state index contributed by atoms with van der Waals surface area (Å²) in [6.45, 7) is -0.341. The Hall–Kier alpha value is -2.06. The number of nitrogens with two attached hydrogens (primary N) is 1. The maximum Gasteiger partial charge on any atom is 0.316 e. The van der Waals surface area contributed by atoms with Crippen LogP contribution in [-0.2, 0) is 0 Å². The Morgan fingerprint density at radius 3 is 2.93 bits per heavy atom. The normalized spacial score (nSPS) is 8.93. The second kappa shape index (κ2) is 4.98. The molecule has 0 heterocycles. The van der Waals surface area contributed by atoms with E-state index in [1.807, 2.05) is 0 Å². The highest BCUT2D eigenvalue weighted by atomic mass is 19.1. The summed E-state index contributed by atoms with van der Waals surface area (Å²) in [6.07, 6.45) is 0. The van der Waals surface area contributed by atoms with Crippen molar-refractivity contribution in [3.8, 4) is 11.8 Å². The maximum atomic E-state index is 12.8. The first kappa shape index (κ1) is 11.0. The fourth-order valence-corrected chi connectivity index (χ4v) is 0.996. The number of hydrogen-bond donors (Lipinski definition) is 3. The van der Waals surface area contributed by atoms with E-state index in [2.05, 4.69) is 17.2 Å². The van der Waals surface area contributed by atoms with Gasteiger partial charge in [0.15, 0.2) is 0 Å². The highest BCUT2D eigenvalue weighted by Crippen LogP contribution is 2.15. The Morgan fingerprint density at radius 1 is 1.60 bits per heavy atom. The molecule has 78 valence electrons. The first-order valence-corrected chi connectivity index (χ1v) is 4.09. The zero-order valence-electron chi connectivity index (χ0n) is 7.75. The van der Waals surface area contributed by atoms with Gasteiger partial charge in [-0.2, -0.15) is 0 Å². The van der Waals surface area contributed by atoms with Crippen molar-refractivity contribution in [3.63, 3.8) is 0 Å². The van der Waals surface area contributed by atoms with Crippen molar-refractivity contribution in [2.45, 2.75) is 0 Å². The van der Waals surface area contributed by atoms with Gasteiger partial charge in [0.2, 0.25) is 0 Å². The van der Waals surface area contributed by atoms with Crippen LogP contribution in [0.25, 0.3) is 0 Å². The summed E-state index contributed by atoms with van der Waals surface area (Å²) < 4.78 is 12.8. The van der Waals surface area contributed by atoms with Gasteiger partial charge >= 0.3 is 6.03 Å². The van der Waals surface area contributed by atoms with E-state index in [9.17, 15) is 9.18 Å².